The van der Waals surface area contributed by atoms with Gasteiger partial charge in [-0.2, -0.15) is 0 Å². The average molecular weight is 385 g/mol. The number of furan rings is 1. The molecule has 2 heterocycles. The molecule has 0 saturated carbocycles. The molecule has 3 aromatic rings. The Morgan fingerprint density at radius 2 is 2.00 bits per heavy atom. The van der Waals surface area contributed by atoms with E-state index in [0.29, 0.717) is 18.7 Å². The zero-order valence-corrected chi connectivity index (χ0v) is 14.8. The van der Waals surface area contributed by atoms with Crippen molar-refractivity contribution in [2.45, 2.75) is 6.42 Å². The highest BCUT2D eigenvalue weighted by Crippen LogP contribution is 2.32. The molecule has 1 aliphatic heterocycles. The lowest BCUT2D eigenvalue weighted by Crippen LogP contribution is -2.28. The van der Waals surface area contributed by atoms with Crippen molar-refractivity contribution in [2.75, 3.05) is 16.8 Å². The quantitative estimate of drug-likeness (QED) is 0.721. The first-order valence-corrected chi connectivity index (χ1v) is 8.65. The van der Waals surface area contributed by atoms with Crippen LogP contribution in [-0.2, 0) is 6.42 Å². The Bertz CT molecular complexity index is 1030. The van der Waals surface area contributed by atoms with E-state index in [1.807, 2.05) is 6.07 Å². The third kappa shape index (κ3) is 3.31. The van der Waals surface area contributed by atoms with E-state index in [1.54, 1.807) is 29.2 Å². The Labute approximate surface area is 159 Å². The van der Waals surface area contributed by atoms with E-state index in [-0.39, 0.29) is 22.3 Å². The van der Waals surface area contributed by atoms with E-state index in [4.69, 9.17) is 16.0 Å². The zero-order chi connectivity index (χ0) is 19.0. The second-order valence-corrected chi connectivity index (χ2v) is 6.51. The van der Waals surface area contributed by atoms with E-state index < -0.39 is 11.7 Å². The highest BCUT2D eigenvalue weighted by molar-refractivity contribution is 6.34. The van der Waals surface area contributed by atoms with Gasteiger partial charge in [-0.05, 0) is 60.5 Å². The summed E-state index contributed by atoms with van der Waals surface area (Å²) >= 11 is 5.93. The van der Waals surface area contributed by atoms with Crippen LogP contribution in [0.2, 0.25) is 5.02 Å². The van der Waals surface area contributed by atoms with Crippen LogP contribution in [0.1, 0.15) is 26.5 Å². The normalized spacial score (nSPS) is 12.7. The summed E-state index contributed by atoms with van der Waals surface area (Å²) in [6.07, 6.45) is 2.13. The van der Waals surface area contributed by atoms with Crippen LogP contribution in [0, 0.1) is 5.82 Å². The number of anilines is 2. The fraction of sp³-hybridized carbons (Fsp3) is 0.100. The van der Waals surface area contributed by atoms with Crippen LogP contribution < -0.4 is 10.2 Å². The molecular formula is C20H14ClFN2O3. The number of rotatable bonds is 3. The molecule has 0 radical (unpaired) electrons. The number of nitrogens with one attached hydrogen (secondary N) is 1. The summed E-state index contributed by atoms with van der Waals surface area (Å²) in [4.78, 5) is 26.5. The third-order valence-electron chi connectivity index (χ3n) is 4.39. The molecule has 0 spiro atoms. The molecule has 0 atom stereocenters. The van der Waals surface area contributed by atoms with Crippen molar-refractivity contribution in [3.05, 3.63) is 82.5 Å². The summed E-state index contributed by atoms with van der Waals surface area (Å²) in [5.74, 6) is -0.850. The van der Waals surface area contributed by atoms with Crippen molar-refractivity contribution in [1.82, 2.24) is 0 Å². The van der Waals surface area contributed by atoms with Crippen LogP contribution in [0.4, 0.5) is 15.8 Å². The molecule has 0 bridgehead atoms. The van der Waals surface area contributed by atoms with Gasteiger partial charge < -0.3 is 14.6 Å². The lowest BCUT2D eigenvalue weighted by Gasteiger charge is -2.16. The number of carbonyl (C=O) groups excluding carboxylic acids is 2. The zero-order valence-electron chi connectivity index (χ0n) is 14.0. The van der Waals surface area contributed by atoms with Crippen LogP contribution >= 0.6 is 11.6 Å². The van der Waals surface area contributed by atoms with Crippen LogP contribution in [-0.4, -0.2) is 18.4 Å². The minimum absolute atomic E-state index is 0.0453. The van der Waals surface area contributed by atoms with Crippen molar-refractivity contribution in [3.8, 4) is 0 Å². The van der Waals surface area contributed by atoms with Gasteiger partial charge in [-0.1, -0.05) is 11.6 Å². The predicted molar refractivity (Wildman–Crippen MR) is 99.9 cm³/mol. The fourth-order valence-corrected chi connectivity index (χ4v) is 3.35. The van der Waals surface area contributed by atoms with E-state index in [0.717, 1.165) is 17.3 Å². The summed E-state index contributed by atoms with van der Waals surface area (Å²) in [6, 6.07) is 12.2. The molecule has 1 aromatic heterocycles. The summed E-state index contributed by atoms with van der Waals surface area (Å²) in [7, 11) is 0. The van der Waals surface area contributed by atoms with Gasteiger partial charge in [-0.25, -0.2) is 4.39 Å². The van der Waals surface area contributed by atoms with Crippen LogP contribution in [0.15, 0.2) is 59.2 Å². The second-order valence-electron chi connectivity index (χ2n) is 6.11. The Morgan fingerprint density at radius 1 is 1.15 bits per heavy atom. The van der Waals surface area contributed by atoms with Gasteiger partial charge in [-0.15, -0.1) is 0 Å². The minimum atomic E-state index is -0.504. The Kier molecular flexibility index (Phi) is 4.41. The molecule has 5 nitrogen and oxygen atoms in total. The number of benzene rings is 2. The van der Waals surface area contributed by atoms with Gasteiger partial charge in [0.1, 0.15) is 5.82 Å². The van der Waals surface area contributed by atoms with Gasteiger partial charge in [-0.3, -0.25) is 9.59 Å². The second kappa shape index (κ2) is 6.89. The Hall–Kier alpha value is -3.12. The van der Waals surface area contributed by atoms with Crippen LogP contribution in [0.5, 0.6) is 0 Å². The molecule has 7 heteroatoms. The third-order valence-corrected chi connectivity index (χ3v) is 4.70. The Balaban J connectivity index is 1.54. The molecule has 0 aliphatic carbocycles. The summed E-state index contributed by atoms with van der Waals surface area (Å²) in [5, 5.41) is 2.80. The first kappa shape index (κ1) is 17.3. The number of fused-ring (bicyclic) bond motifs is 1. The molecule has 2 amide bonds. The molecular weight excluding hydrogens is 371 g/mol. The number of hydrogen-bond acceptors (Lipinski definition) is 3. The summed E-state index contributed by atoms with van der Waals surface area (Å²) in [6.45, 7) is 0.538. The van der Waals surface area contributed by atoms with Crippen molar-refractivity contribution in [1.29, 1.82) is 0 Å². The Morgan fingerprint density at radius 3 is 2.74 bits per heavy atom. The molecule has 0 unspecified atom stereocenters. The molecule has 1 aliphatic rings. The average Bonchev–Trinajstić information content (AvgIpc) is 3.30. The fourth-order valence-electron chi connectivity index (χ4n) is 3.10. The van der Waals surface area contributed by atoms with Crippen LogP contribution in [0.3, 0.4) is 0 Å². The van der Waals surface area contributed by atoms with Crippen molar-refractivity contribution in [3.63, 3.8) is 0 Å². The monoisotopic (exact) mass is 384 g/mol. The highest BCUT2D eigenvalue weighted by Gasteiger charge is 2.27. The van der Waals surface area contributed by atoms with E-state index in [1.165, 1.54) is 18.4 Å². The van der Waals surface area contributed by atoms with Crippen LogP contribution in [0.25, 0.3) is 0 Å². The van der Waals surface area contributed by atoms with Gasteiger partial charge >= 0.3 is 0 Å². The minimum Gasteiger partial charge on any atom is -0.459 e. The molecule has 136 valence electrons. The van der Waals surface area contributed by atoms with Gasteiger partial charge in [0.2, 0.25) is 0 Å². The maximum atomic E-state index is 13.1. The standard InChI is InChI=1S/C20H14ClFN2O3/c21-16-11-13(22)3-5-15(16)19(25)23-14-4-6-17-12(10-14)7-8-24(17)20(26)18-2-1-9-27-18/h1-6,9-11H,7-8H2,(H,23,25). The predicted octanol–water partition coefficient (Wildman–Crippen LogP) is 4.53. The van der Waals surface area contributed by atoms with E-state index >= 15 is 0 Å². The number of halogens is 2. The first-order chi connectivity index (χ1) is 13.0. The van der Waals surface area contributed by atoms with Gasteiger partial charge in [0.15, 0.2) is 5.76 Å². The lowest BCUT2D eigenvalue weighted by molar-refractivity contribution is 0.0962. The van der Waals surface area contributed by atoms with Crippen molar-refractivity contribution < 1.29 is 18.4 Å². The van der Waals surface area contributed by atoms with Gasteiger partial charge in [0, 0.05) is 17.9 Å². The lowest BCUT2D eigenvalue weighted by atomic mass is 10.1. The highest BCUT2D eigenvalue weighted by atomic mass is 35.5. The molecule has 27 heavy (non-hydrogen) atoms. The number of carbonyl (C=O) groups is 2. The molecule has 4 rings (SSSR count). The van der Waals surface area contributed by atoms with E-state index in [9.17, 15) is 14.0 Å². The summed E-state index contributed by atoms with van der Waals surface area (Å²) in [5.41, 5.74) is 2.49. The first-order valence-electron chi connectivity index (χ1n) is 8.27. The topological polar surface area (TPSA) is 62.6 Å². The van der Waals surface area contributed by atoms with E-state index in [2.05, 4.69) is 5.32 Å². The van der Waals surface area contributed by atoms with Gasteiger partial charge in [0.05, 0.1) is 16.8 Å². The van der Waals surface area contributed by atoms with Crippen molar-refractivity contribution >= 4 is 34.8 Å². The SMILES string of the molecule is O=C(Nc1ccc2c(c1)CCN2C(=O)c1ccco1)c1ccc(F)cc1Cl. The molecule has 2 aromatic carbocycles. The number of amides is 2. The van der Waals surface area contributed by atoms with Crippen molar-refractivity contribution in [2.24, 2.45) is 0 Å². The maximum Gasteiger partial charge on any atom is 0.293 e. The molecule has 1 N–H and O–H groups in total. The number of hydrogen-bond donors (Lipinski definition) is 1. The molecule has 0 saturated heterocycles. The largest absolute Gasteiger partial charge is 0.459 e. The number of nitrogens with zero attached hydrogens (tertiary/aromatic N) is 1. The maximum absolute atomic E-state index is 13.1. The smallest absolute Gasteiger partial charge is 0.293 e. The summed E-state index contributed by atoms with van der Waals surface area (Å²) < 4.78 is 18.3. The van der Waals surface area contributed by atoms with Gasteiger partial charge in [0.25, 0.3) is 11.8 Å². The molecule has 0 fully saturated rings.